The second kappa shape index (κ2) is 6.46. The van der Waals surface area contributed by atoms with Crippen molar-refractivity contribution in [2.45, 2.75) is 32.6 Å². The van der Waals surface area contributed by atoms with Gasteiger partial charge in [0.1, 0.15) is 0 Å². The molecule has 0 aliphatic carbocycles. The number of aliphatic carboxylic acids is 1. The van der Waals surface area contributed by atoms with Crippen LogP contribution in [0.15, 0.2) is 0 Å². The molecule has 13 heavy (non-hydrogen) atoms. The van der Waals surface area contributed by atoms with Crippen LogP contribution in [0.25, 0.3) is 0 Å². The zero-order valence-corrected chi connectivity index (χ0v) is 8.25. The van der Waals surface area contributed by atoms with Crippen molar-refractivity contribution in [2.24, 2.45) is 0 Å². The van der Waals surface area contributed by atoms with Gasteiger partial charge in [-0.05, 0) is 12.8 Å². The van der Waals surface area contributed by atoms with E-state index in [2.05, 4.69) is 0 Å². The van der Waals surface area contributed by atoms with Crippen molar-refractivity contribution in [3.05, 3.63) is 0 Å². The third-order valence-electron chi connectivity index (χ3n) is 1.92. The molecule has 0 aromatic heterocycles. The van der Waals surface area contributed by atoms with Crippen molar-refractivity contribution in [3.8, 4) is 0 Å². The normalized spacial score (nSPS) is 9.69. The van der Waals surface area contributed by atoms with Gasteiger partial charge in [-0.15, -0.1) is 0 Å². The van der Waals surface area contributed by atoms with Crippen molar-refractivity contribution in [1.29, 1.82) is 0 Å². The average molecular weight is 187 g/mol. The van der Waals surface area contributed by atoms with Crippen LogP contribution in [0.1, 0.15) is 32.6 Å². The van der Waals surface area contributed by atoms with E-state index in [9.17, 15) is 9.59 Å². The quantitative estimate of drug-likeness (QED) is 0.634. The molecule has 0 aliphatic heterocycles. The predicted molar refractivity (Wildman–Crippen MR) is 49.4 cm³/mol. The van der Waals surface area contributed by atoms with Crippen LogP contribution in [0.5, 0.6) is 0 Å². The van der Waals surface area contributed by atoms with Crippen LogP contribution in [0.3, 0.4) is 0 Å². The van der Waals surface area contributed by atoms with Crippen molar-refractivity contribution in [3.63, 3.8) is 0 Å². The first-order valence-electron chi connectivity index (χ1n) is 4.47. The Morgan fingerprint density at radius 1 is 1.23 bits per heavy atom. The maximum absolute atomic E-state index is 10.7. The van der Waals surface area contributed by atoms with Gasteiger partial charge in [-0.1, -0.05) is 6.42 Å². The molecule has 4 heteroatoms. The Morgan fingerprint density at radius 2 is 1.85 bits per heavy atom. The van der Waals surface area contributed by atoms with Crippen LogP contribution >= 0.6 is 0 Å². The first-order chi connectivity index (χ1) is 6.04. The highest BCUT2D eigenvalue weighted by molar-refractivity contribution is 5.72. The predicted octanol–water partition coefficient (Wildman–Crippen LogP) is 1.11. The summed E-state index contributed by atoms with van der Waals surface area (Å²) in [6, 6.07) is 0. The molecule has 76 valence electrons. The Bertz CT molecular complexity index is 180. The molecular weight excluding hydrogens is 170 g/mol. The Balaban J connectivity index is 3.26. The summed E-state index contributed by atoms with van der Waals surface area (Å²) >= 11 is 0. The zero-order chi connectivity index (χ0) is 10.3. The Labute approximate surface area is 78.5 Å². The summed E-state index contributed by atoms with van der Waals surface area (Å²) in [7, 11) is 1.75. The van der Waals surface area contributed by atoms with E-state index in [0.29, 0.717) is 6.42 Å². The lowest BCUT2D eigenvalue weighted by Gasteiger charge is -2.13. The smallest absolute Gasteiger partial charge is 0.303 e. The monoisotopic (exact) mass is 187 g/mol. The van der Waals surface area contributed by atoms with E-state index in [0.717, 1.165) is 19.4 Å². The van der Waals surface area contributed by atoms with E-state index in [-0.39, 0.29) is 12.3 Å². The third-order valence-corrected chi connectivity index (χ3v) is 1.92. The summed E-state index contributed by atoms with van der Waals surface area (Å²) < 4.78 is 0. The summed E-state index contributed by atoms with van der Waals surface area (Å²) in [5, 5.41) is 8.35. The van der Waals surface area contributed by atoms with Crippen molar-refractivity contribution in [2.75, 3.05) is 13.6 Å². The first kappa shape index (κ1) is 11.9. The van der Waals surface area contributed by atoms with Gasteiger partial charge in [-0.2, -0.15) is 0 Å². The molecule has 0 saturated heterocycles. The largest absolute Gasteiger partial charge is 0.481 e. The molecule has 0 radical (unpaired) electrons. The highest BCUT2D eigenvalue weighted by Gasteiger charge is 2.01. The van der Waals surface area contributed by atoms with Gasteiger partial charge in [-0.25, -0.2) is 0 Å². The molecule has 0 aromatic rings. The standard InChI is InChI=1S/C9H17NO3/c1-8(11)10(2)7-5-3-4-6-9(12)13/h3-7H2,1-2H3,(H,12,13). The fourth-order valence-electron chi connectivity index (χ4n) is 0.959. The van der Waals surface area contributed by atoms with Crippen LogP contribution in [-0.4, -0.2) is 35.5 Å². The van der Waals surface area contributed by atoms with Gasteiger partial charge in [0.05, 0.1) is 0 Å². The summed E-state index contributed by atoms with van der Waals surface area (Å²) in [4.78, 5) is 22.5. The van der Waals surface area contributed by atoms with E-state index in [1.54, 1.807) is 11.9 Å². The van der Waals surface area contributed by atoms with Gasteiger partial charge in [0.2, 0.25) is 5.91 Å². The molecule has 0 aliphatic rings. The second-order valence-corrected chi connectivity index (χ2v) is 3.14. The van der Waals surface area contributed by atoms with Gasteiger partial charge in [-0.3, -0.25) is 9.59 Å². The molecule has 0 fully saturated rings. The molecule has 0 atom stereocenters. The minimum absolute atomic E-state index is 0.0539. The van der Waals surface area contributed by atoms with Crippen LogP contribution in [0, 0.1) is 0 Å². The van der Waals surface area contributed by atoms with Crippen LogP contribution in [0.2, 0.25) is 0 Å². The van der Waals surface area contributed by atoms with Gasteiger partial charge in [0, 0.05) is 26.9 Å². The third kappa shape index (κ3) is 7.31. The lowest BCUT2D eigenvalue weighted by Crippen LogP contribution is -2.24. The lowest BCUT2D eigenvalue weighted by molar-refractivity contribution is -0.137. The number of nitrogens with zero attached hydrogens (tertiary/aromatic N) is 1. The highest BCUT2D eigenvalue weighted by atomic mass is 16.4. The van der Waals surface area contributed by atoms with Crippen molar-refractivity contribution < 1.29 is 14.7 Å². The fourth-order valence-corrected chi connectivity index (χ4v) is 0.959. The molecule has 0 saturated carbocycles. The molecule has 0 rings (SSSR count). The number of unbranched alkanes of at least 4 members (excludes halogenated alkanes) is 2. The minimum atomic E-state index is -0.750. The number of carbonyl (C=O) groups is 2. The summed E-state index contributed by atoms with van der Waals surface area (Å²) in [5.41, 5.74) is 0. The molecule has 4 nitrogen and oxygen atoms in total. The van der Waals surface area contributed by atoms with Gasteiger partial charge >= 0.3 is 5.97 Å². The summed E-state index contributed by atoms with van der Waals surface area (Å²) in [6.45, 7) is 2.24. The second-order valence-electron chi connectivity index (χ2n) is 3.14. The summed E-state index contributed by atoms with van der Waals surface area (Å²) in [6.07, 6.45) is 2.66. The SMILES string of the molecule is CC(=O)N(C)CCCCCC(=O)O. The number of hydrogen-bond donors (Lipinski definition) is 1. The molecule has 0 heterocycles. The molecular formula is C9H17NO3. The Morgan fingerprint density at radius 3 is 2.31 bits per heavy atom. The van der Waals surface area contributed by atoms with Gasteiger partial charge < -0.3 is 10.0 Å². The van der Waals surface area contributed by atoms with Crippen LogP contribution in [-0.2, 0) is 9.59 Å². The molecule has 0 unspecified atom stereocenters. The first-order valence-corrected chi connectivity index (χ1v) is 4.47. The number of rotatable bonds is 6. The number of carboxylic acids is 1. The Kier molecular flexibility index (Phi) is 5.93. The topological polar surface area (TPSA) is 57.6 Å². The number of carboxylic acid groups (broad SMARTS) is 1. The molecule has 0 spiro atoms. The van der Waals surface area contributed by atoms with Gasteiger partial charge in [0.15, 0.2) is 0 Å². The van der Waals surface area contributed by atoms with Crippen LogP contribution < -0.4 is 0 Å². The Hall–Kier alpha value is -1.06. The molecule has 1 N–H and O–H groups in total. The van der Waals surface area contributed by atoms with Crippen molar-refractivity contribution in [1.82, 2.24) is 4.90 Å². The van der Waals surface area contributed by atoms with Crippen LogP contribution in [0.4, 0.5) is 0 Å². The minimum Gasteiger partial charge on any atom is -0.481 e. The number of carbonyl (C=O) groups excluding carboxylic acids is 1. The van der Waals surface area contributed by atoms with E-state index in [4.69, 9.17) is 5.11 Å². The number of amides is 1. The van der Waals surface area contributed by atoms with E-state index in [1.165, 1.54) is 6.92 Å². The van der Waals surface area contributed by atoms with E-state index in [1.807, 2.05) is 0 Å². The molecule has 1 amide bonds. The highest BCUT2D eigenvalue weighted by Crippen LogP contribution is 2.00. The fraction of sp³-hybridized carbons (Fsp3) is 0.778. The van der Waals surface area contributed by atoms with E-state index >= 15 is 0 Å². The van der Waals surface area contributed by atoms with E-state index < -0.39 is 5.97 Å². The number of hydrogen-bond acceptors (Lipinski definition) is 2. The maximum Gasteiger partial charge on any atom is 0.303 e. The molecule has 0 aromatic carbocycles. The van der Waals surface area contributed by atoms with Gasteiger partial charge in [0.25, 0.3) is 0 Å². The molecule has 0 bridgehead atoms. The summed E-state index contributed by atoms with van der Waals surface area (Å²) in [5.74, 6) is -0.696. The maximum atomic E-state index is 10.7. The zero-order valence-electron chi connectivity index (χ0n) is 8.25. The average Bonchev–Trinajstić information content (AvgIpc) is 2.02. The lowest BCUT2D eigenvalue weighted by atomic mass is 10.2. The van der Waals surface area contributed by atoms with Crippen molar-refractivity contribution >= 4 is 11.9 Å².